The summed E-state index contributed by atoms with van der Waals surface area (Å²) in [5, 5.41) is 12.5. The van der Waals surface area contributed by atoms with Crippen LogP contribution in [0.2, 0.25) is 0 Å². The van der Waals surface area contributed by atoms with Gasteiger partial charge in [-0.25, -0.2) is 0 Å². The van der Waals surface area contributed by atoms with Gasteiger partial charge in [0, 0.05) is 11.8 Å². The Balaban J connectivity index is 1.94. The number of piperidine rings is 1. The van der Waals surface area contributed by atoms with Crippen LogP contribution in [0.3, 0.4) is 0 Å². The molecule has 1 atom stereocenters. The molecule has 6 heteroatoms. The van der Waals surface area contributed by atoms with E-state index in [2.05, 4.69) is 29.4 Å². The van der Waals surface area contributed by atoms with Crippen LogP contribution in [0, 0.1) is 5.92 Å². The van der Waals surface area contributed by atoms with Crippen molar-refractivity contribution in [1.29, 1.82) is 0 Å². The molecule has 1 aliphatic rings. The molecule has 1 fully saturated rings. The summed E-state index contributed by atoms with van der Waals surface area (Å²) in [6.45, 7) is 6.49. The summed E-state index contributed by atoms with van der Waals surface area (Å²) in [5.74, 6) is 2.36. The first-order valence-corrected chi connectivity index (χ1v) is 7.21. The van der Waals surface area contributed by atoms with Gasteiger partial charge >= 0.3 is 0 Å². The fourth-order valence-corrected chi connectivity index (χ4v) is 3.34. The summed E-state index contributed by atoms with van der Waals surface area (Å²) in [7, 11) is 0. The van der Waals surface area contributed by atoms with E-state index in [0.29, 0.717) is 12.0 Å². The van der Waals surface area contributed by atoms with E-state index >= 15 is 0 Å². The predicted molar refractivity (Wildman–Crippen MR) is 71.1 cm³/mol. The van der Waals surface area contributed by atoms with E-state index < -0.39 is 0 Å². The minimum Gasteiger partial charge on any atom is -0.368 e. The highest BCUT2D eigenvalue weighted by atomic mass is 32.2. The first-order valence-electron chi connectivity index (χ1n) is 6.22. The van der Waals surface area contributed by atoms with Gasteiger partial charge in [-0.15, -0.1) is 10.2 Å². The molecule has 17 heavy (non-hydrogen) atoms. The second kappa shape index (κ2) is 5.73. The van der Waals surface area contributed by atoms with Crippen molar-refractivity contribution < 1.29 is 0 Å². The van der Waals surface area contributed by atoms with Gasteiger partial charge < -0.3 is 11.1 Å². The smallest absolute Gasteiger partial charge is 0.222 e. The average molecular weight is 255 g/mol. The topological polar surface area (TPSA) is 68.8 Å². The Morgan fingerprint density at radius 3 is 3.00 bits per heavy atom. The summed E-state index contributed by atoms with van der Waals surface area (Å²) in [6, 6.07) is 0.317. The lowest BCUT2D eigenvalue weighted by atomic mass is 10.0. The number of hydrogen-bond acceptors (Lipinski definition) is 5. The van der Waals surface area contributed by atoms with Crippen LogP contribution in [0.25, 0.3) is 0 Å². The van der Waals surface area contributed by atoms with Crippen molar-refractivity contribution in [1.82, 2.24) is 20.1 Å². The van der Waals surface area contributed by atoms with Crippen molar-refractivity contribution in [3.05, 3.63) is 0 Å². The lowest BCUT2D eigenvalue weighted by Crippen LogP contribution is -2.31. The van der Waals surface area contributed by atoms with E-state index in [1.165, 1.54) is 12.8 Å². The molecule has 0 bridgehead atoms. The highest BCUT2D eigenvalue weighted by molar-refractivity contribution is 7.99. The van der Waals surface area contributed by atoms with Gasteiger partial charge in [0.05, 0.1) is 0 Å². The van der Waals surface area contributed by atoms with Crippen LogP contribution in [0.1, 0.15) is 32.7 Å². The van der Waals surface area contributed by atoms with E-state index in [1.807, 2.05) is 4.57 Å². The molecule has 5 nitrogen and oxygen atoms in total. The third kappa shape index (κ3) is 3.13. The number of aromatic nitrogens is 3. The second-order valence-corrected chi connectivity index (χ2v) is 5.82. The number of nitrogens with two attached hydrogens (primary N) is 1. The number of nitrogens with one attached hydrogen (secondary N) is 1. The Morgan fingerprint density at radius 1 is 1.53 bits per heavy atom. The van der Waals surface area contributed by atoms with Crippen LogP contribution >= 0.6 is 11.8 Å². The van der Waals surface area contributed by atoms with Gasteiger partial charge in [-0.05, 0) is 45.7 Å². The second-order valence-electron chi connectivity index (χ2n) is 4.83. The number of nitrogens with zero attached hydrogens (tertiary/aromatic N) is 3. The molecule has 1 aliphatic heterocycles. The molecule has 3 N–H and O–H groups in total. The maximum absolute atomic E-state index is 5.81. The van der Waals surface area contributed by atoms with Crippen LogP contribution in [-0.4, -0.2) is 33.6 Å². The van der Waals surface area contributed by atoms with Crippen LogP contribution < -0.4 is 11.1 Å². The summed E-state index contributed by atoms with van der Waals surface area (Å²) >= 11 is 1.77. The first kappa shape index (κ1) is 12.7. The molecular formula is C11H21N5S. The zero-order valence-corrected chi connectivity index (χ0v) is 11.3. The fraction of sp³-hybridized carbons (Fsp3) is 0.818. The quantitative estimate of drug-likeness (QED) is 0.799. The molecule has 0 spiro atoms. The van der Waals surface area contributed by atoms with Crippen molar-refractivity contribution in [2.24, 2.45) is 5.92 Å². The van der Waals surface area contributed by atoms with E-state index in [-0.39, 0.29) is 0 Å². The van der Waals surface area contributed by atoms with Gasteiger partial charge in [-0.1, -0.05) is 11.8 Å². The van der Waals surface area contributed by atoms with Crippen molar-refractivity contribution in [3.63, 3.8) is 0 Å². The molecule has 2 rings (SSSR count). The number of nitrogen functional groups attached to an aromatic ring is 1. The van der Waals surface area contributed by atoms with Crippen molar-refractivity contribution >= 4 is 17.7 Å². The van der Waals surface area contributed by atoms with Gasteiger partial charge in [0.1, 0.15) is 0 Å². The summed E-state index contributed by atoms with van der Waals surface area (Å²) < 4.78 is 2.00. The molecule has 1 unspecified atom stereocenters. The molecule has 1 saturated heterocycles. The van der Waals surface area contributed by atoms with Gasteiger partial charge in [0.15, 0.2) is 5.16 Å². The predicted octanol–water partition coefficient (Wildman–Crippen LogP) is 1.53. The number of rotatable bonds is 4. The Labute approximate surface area is 107 Å². The highest BCUT2D eigenvalue weighted by Gasteiger charge is 2.17. The maximum atomic E-state index is 5.81. The fourth-order valence-electron chi connectivity index (χ4n) is 2.13. The van der Waals surface area contributed by atoms with E-state index in [9.17, 15) is 0 Å². The molecule has 0 aromatic carbocycles. The molecule has 96 valence electrons. The van der Waals surface area contributed by atoms with Crippen LogP contribution in [0.5, 0.6) is 0 Å². The van der Waals surface area contributed by atoms with Crippen molar-refractivity contribution in [2.45, 2.75) is 37.9 Å². The zero-order chi connectivity index (χ0) is 12.3. The summed E-state index contributed by atoms with van der Waals surface area (Å²) in [6.07, 6.45) is 2.59. The molecule has 0 amide bonds. The third-order valence-corrected chi connectivity index (χ3v) is 4.23. The lowest BCUT2D eigenvalue weighted by Gasteiger charge is -2.22. The minimum atomic E-state index is 0.317. The van der Waals surface area contributed by atoms with Crippen LogP contribution in [-0.2, 0) is 0 Å². The summed E-state index contributed by atoms with van der Waals surface area (Å²) in [5.41, 5.74) is 5.81. The first-order chi connectivity index (χ1) is 8.18. The minimum absolute atomic E-state index is 0.317. The van der Waals surface area contributed by atoms with E-state index in [0.717, 1.165) is 29.9 Å². The molecule has 1 aromatic heterocycles. The lowest BCUT2D eigenvalue weighted by molar-refractivity contribution is 0.410. The molecular weight excluding hydrogens is 234 g/mol. The number of hydrogen-bond donors (Lipinski definition) is 2. The molecule has 0 aliphatic carbocycles. The van der Waals surface area contributed by atoms with Crippen molar-refractivity contribution in [2.75, 3.05) is 24.6 Å². The zero-order valence-electron chi connectivity index (χ0n) is 10.5. The van der Waals surface area contributed by atoms with Gasteiger partial charge in [0.25, 0.3) is 0 Å². The van der Waals surface area contributed by atoms with Crippen molar-refractivity contribution in [3.8, 4) is 0 Å². The average Bonchev–Trinajstić information content (AvgIpc) is 2.69. The highest BCUT2D eigenvalue weighted by Crippen LogP contribution is 2.26. The van der Waals surface area contributed by atoms with Crippen LogP contribution in [0.4, 0.5) is 5.95 Å². The van der Waals surface area contributed by atoms with Gasteiger partial charge in [-0.2, -0.15) is 0 Å². The largest absolute Gasteiger partial charge is 0.368 e. The van der Waals surface area contributed by atoms with E-state index in [4.69, 9.17) is 5.73 Å². The molecule has 1 aromatic rings. The van der Waals surface area contributed by atoms with E-state index in [1.54, 1.807) is 11.8 Å². The third-order valence-electron chi connectivity index (χ3n) is 3.05. The van der Waals surface area contributed by atoms with Gasteiger partial charge in [-0.3, -0.25) is 4.57 Å². The normalized spacial score (nSPS) is 21.0. The SMILES string of the molecule is CC(C)n1c(N)nnc1SCC1CCCNC1. The number of thioether (sulfide) groups is 1. The number of anilines is 1. The Hall–Kier alpha value is -0.750. The Kier molecular flexibility index (Phi) is 4.28. The molecule has 0 radical (unpaired) electrons. The maximum Gasteiger partial charge on any atom is 0.222 e. The monoisotopic (exact) mass is 255 g/mol. The van der Waals surface area contributed by atoms with Gasteiger partial charge in [0.2, 0.25) is 5.95 Å². The van der Waals surface area contributed by atoms with Crippen LogP contribution in [0.15, 0.2) is 5.16 Å². The summed E-state index contributed by atoms with van der Waals surface area (Å²) in [4.78, 5) is 0. The molecule has 2 heterocycles. The Bertz CT molecular complexity index is 357. The Morgan fingerprint density at radius 2 is 2.35 bits per heavy atom. The standard InChI is InChI=1S/C11H21N5S/c1-8(2)16-10(12)14-15-11(16)17-7-9-4-3-5-13-6-9/h8-9,13H,3-7H2,1-2H3,(H2,12,14). The molecule has 0 saturated carbocycles.